The van der Waals surface area contributed by atoms with E-state index in [-0.39, 0.29) is 18.4 Å². The van der Waals surface area contributed by atoms with E-state index in [1.54, 1.807) is 12.0 Å². The van der Waals surface area contributed by atoms with E-state index in [0.29, 0.717) is 39.1 Å². The summed E-state index contributed by atoms with van der Waals surface area (Å²) in [5, 5.41) is 1.17. The summed E-state index contributed by atoms with van der Waals surface area (Å²) < 4.78 is 5.25. The van der Waals surface area contributed by atoms with Crippen LogP contribution >= 0.6 is 0 Å². The van der Waals surface area contributed by atoms with Gasteiger partial charge in [0.1, 0.15) is 0 Å². The van der Waals surface area contributed by atoms with E-state index in [1.807, 2.05) is 53.6 Å². The Bertz CT molecular complexity index is 1310. The molecule has 6 nitrogen and oxygen atoms in total. The van der Waals surface area contributed by atoms with E-state index >= 15 is 0 Å². The van der Waals surface area contributed by atoms with Gasteiger partial charge < -0.3 is 19.5 Å². The van der Waals surface area contributed by atoms with Crippen molar-refractivity contribution in [2.75, 3.05) is 33.4 Å². The number of carbonyl (C=O) groups is 2. The standard InChI is InChI=1S/C32H37N3O3/c1-25-12-14-27(15-13-25)23-34(19-18-28-22-33-30-11-7-6-10-29(28)30)32(37)24-35(20-21-38-2)31(36)17-16-26-8-4-3-5-9-26/h3-15,22,33H,16-21,23-24H2,1-2H3. The Kier molecular flexibility index (Phi) is 9.71. The van der Waals surface area contributed by atoms with Crippen molar-refractivity contribution in [3.63, 3.8) is 0 Å². The fraction of sp³-hybridized carbons (Fsp3) is 0.312. The molecule has 0 radical (unpaired) electrons. The summed E-state index contributed by atoms with van der Waals surface area (Å²) in [5.41, 5.74) is 5.63. The topological polar surface area (TPSA) is 65.6 Å². The predicted octanol–water partition coefficient (Wildman–Crippen LogP) is 5.16. The van der Waals surface area contributed by atoms with Gasteiger partial charge in [-0.25, -0.2) is 0 Å². The molecule has 0 bridgehead atoms. The summed E-state index contributed by atoms with van der Waals surface area (Å²) >= 11 is 0. The molecule has 3 aromatic carbocycles. The number of hydrogen-bond donors (Lipinski definition) is 1. The van der Waals surface area contributed by atoms with Crippen LogP contribution in [0.1, 0.15) is 28.7 Å². The molecule has 0 saturated carbocycles. The molecule has 0 aliphatic carbocycles. The maximum Gasteiger partial charge on any atom is 0.242 e. The average Bonchev–Trinajstić information content (AvgIpc) is 3.36. The van der Waals surface area contributed by atoms with Gasteiger partial charge in [0.15, 0.2) is 0 Å². The number of aromatic amines is 1. The number of fused-ring (bicyclic) bond motifs is 1. The number of rotatable bonds is 13. The maximum atomic E-state index is 13.7. The normalized spacial score (nSPS) is 11.0. The quantitative estimate of drug-likeness (QED) is 0.270. The maximum absolute atomic E-state index is 13.7. The monoisotopic (exact) mass is 511 g/mol. The minimum Gasteiger partial charge on any atom is -0.383 e. The van der Waals surface area contributed by atoms with E-state index in [1.165, 1.54) is 16.5 Å². The van der Waals surface area contributed by atoms with Crippen molar-refractivity contribution < 1.29 is 14.3 Å². The first-order valence-electron chi connectivity index (χ1n) is 13.2. The van der Waals surface area contributed by atoms with Crippen LogP contribution in [0.5, 0.6) is 0 Å². The molecule has 6 heteroatoms. The SMILES string of the molecule is COCCN(CC(=O)N(CCc1c[nH]c2ccccc12)Cc1ccc(C)cc1)C(=O)CCc1ccccc1. The molecule has 2 amide bonds. The molecule has 1 heterocycles. The van der Waals surface area contributed by atoms with Crippen LogP contribution < -0.4 is 0 Å². The molecule has 1 N–H and O–H groups in total. The zero-order valence-electron chi connectivity index (χ0n) is 22.4. The molecular formula is C32H37N3O3. The van der Waals surface area contributed by atoms with Crippen molar-refractivity contribution in [1.82, 2.24) is 14.8 Å². The van der Waals surface area contributed by atoms with Crippen LogP contribution in [0.15, 0.2) is 85.1 Å². The summed E-state index contributed by atoms with van der Waals surface area (Å²) in [6.07, 6.45) is 3.75. The Morgan fingerprint density at radius 1 is 0.789 bits per heavy atom. The van der Waals surface area contributed by atoms with Gasteiger partial charge in [-0.05, 0) is 42.5 Å². The number of aromatic nitrogens is 1. The van der Waals surface area contributed by atoms with Crippen molar-refractivity contribution in [2.45, 2.75) is 32.7 Å². The Hall–Kier alpha value is -3.90. The summed E-state index contributed by atoms with van der Waals surface area (Å²) in [6.45, 7) is 3.92. The van der Waals surface area contributed by atoms with Crippen LogP contribution in [-0.4, -0.2) is 59.9 Å². The Balaban J connectivity index is 1.47. The number of benzene rings is 3. The second-order valence-corrected chi connectivity index (χ2v) is 9.70. The number of ether oxygens (including phenoxy) is 1. The Labute approximate surface area is 225 Å². The molecule has 38 heavy (non-hydrogen) atoms. The van der Waals surface area contributed by atoms with Crippen molar-refractivity contribution >= 4 is 22.7 Å². The van der Waals surface area contributed by atoms with Gasteiger partial charge in [-0.1, -0.05) is 78.4 Å². The van der Waals surface area contributed by atoms with Crippen LogP contribution in [0.25, 0.3) is 10.9 Å². The number of carbonyl (C=O) groups excluding carboxylic acids is 2. The van der Waals surface area contributed by atoms with Gasteiger partial charge in [0.25, 0.3) is 0 Å². The van der Waals surface area contributed by atoms with Crippen LogP contribution in [0.4, 0.5) is 0 Å². The molecule has 0 atom stereocenters. The van der Waals surface area contributed by atoms with Crippen molar-refractivity contribution in [1.29, 1.82) is 0 Å². The molecule has 0 spiro atoms. The van der Waals surface area contributed by atoms with E-state index < -0.39 is 0 Å². The molecule has 4 aromatic rings. The van der Waals surface area contributed by atoms with E-state index in [4.69, 9.17) is 4.74 Å². The molecule has 198 valence electrons. The lowest BCUT2D eigenvalue weighted by Crippen LogP contribution is -2.44. The first-order valence-corrected chi connectivity index (χ1v) is 13.2. The second-order valence-electron chi connectivity index (χ2n) is 9.70. The highest BCUT2D eigenvalue weighted by Crippen LogP contribution is 2.19. The smallest absolute Gasteiger partial charge is 0.242 e. The van der Waals surface area contributed by atoms with E-state index in [0.717, 1.165) is 23.1 Å². The second kappa shape index (κ2) is 13.6. The molecule has 0 saturated heterocycles. The average molecular weight is 512 g/mol. The van der Waals surface area contributed by atoms with Crippen LogP contribution in [0.2, 0.25) is 0 Å². The molecule has 4 rings (SSSR count). The van der Waals surface area contributed by atoms with Crippen molar-refractivity contribution in [3.8, 4) is 0 Å². The zero-order chi connectivity index (χ0) is 26.7. The third kappa shape index (κ3) is 7.56. The molecule has 0 unspecified atom stereocenters. The number of methoxy groups -OCH3 is 1. The number of H-pyrrole nitrogens is 1. The lowest BCUT2D eigenvalue weighted by atomic mass is 10.1. The number of nitrogens with one attached hydrogen (secondary N) is 1. The first-order chi connectivity index (χ1) is 18.5. The van der Waals surface area contributed by atoms with E-state index in [2.05, 4.69) is 48.3 Å². The molecule has 0 aliphatic heterocycles. The highest BCUT2D eigenvalue weighted by atomic mass is 16.5. The number of hydrogen-bond acceptors (Lipinski definition) is 3. The first kappa shape index (κ1) is 27.1. The Morgan fingerprint density at radius 3 is 2.29 bits per heavy atom. The lowest BCUT2D eigenvalue weighted by molar-refractivity contribution is -0.141. The molecule has 0 fully saturated rings. The van der Waals surface area contributed by atoms with Gasteiger partial charge in [0, 0.05) is 50.3 Å². The summed E-state index contributed by atoms with van der Waals surface area (Å²) in [6, 6.07) is 26.4. The van der Waals surface area contributed by atoms with Gasteiger partial charge in [0.2, 0.25) is 11.8 Å². The summed E-state index contributed by atoms with van der Waals surface area (Å²) in [5.74, 6) is -0.0965. The van der Waals surface area contributed by atoms with Gasteiger partial charge in [-0.2, -0.15) is 0 Å². The highest BCUT2D eigenvalue weighted by Gasteiger charge is 2.22. The third-order valence-corrected chi connectivity index (χ3v) is 6.89. The number of nitrogens with zero attached hydrogens (tertiary/aromatic N) is 2. The van der Waals surface area contributed by atoms with Gasteiger partial charge in [-0.3, -0.25) is 9.59 Å². The van der Waals surface area contributed by atoms with Crippen LogP contribution in [-0.2, 0) is 33.7 Å². The zero-order valence-corrected chi connectivity index (χ0v) is 22.4. The summed E-state index contributed by atoms with van der Waals surface area (Å²) in [7, 11) is 1.61. The number of aryl methyl sites for hydroxylation is 2. The fourth-order valence-corrected chi connectivity index (χ4v) is 4.61. The van der Waals surface area contributed by atoms with E-state index in [9.17, 15) is 9.59 Å². The summed E-state index contributed by atoms with van der Waals surface area (Å²) in [4.78, 5) is 33.7. The number of amides is 2. The molecular weight excluding hydrogens is 474 g/mol. The largest absolute Gasteiger partial charge is 0.383 e. The third-order valence-electron chi connectivity index (χ3n) is 6.89. The fourth-order valence-electron chi connectivity index (χ4n) is 4.61. The highest BCUT2D eigenvalue weighted by molar-refractivity contribution is 5.85. The van der Waals surface area contributed by atoms with Crippen LogP contribution in [0.3, 0.4) is 0 Å². The van der Waals surface area contributed by atoms with Crippen molar-refractivity contribution in [3.05, 3.63) is 107 Å². The molecule has 0 aliphatic rings. The predicted molar refractivity (Wildman–Crippen MR) is 152 cm³/mol. The van der Waals surface area contributed by atoms with Crippen LogP contribution in [0, 0.1) is 6.92 Å². The number of para-hydroxylation sites is 1. The van der Waals surface area contributed by atoms with Gasteiger partial charge >= 0.3 is 0 Å². The minimum absolute atomic E-state index is 0.0360. The lowest BCUT2D eigenvalue weighted by Gasteiger charge is -2.28. The molecule has 1 aromatic heterocycles. The van der Waals surface area contributed by atoms with Crippen molar-refractivity contribution in [2.24, 2.45) is 0 Å². The Morgan fingerprint density at radius 2 is 1.53 bits per heavy atom. The van der Waals surface area contributed by atoms with Gasteiger partial charge in [-0.15, -0.1) is 0 Å². The minimum atomic E-state index is -0.0606. The van der Waals surface area contributed by atoms with Gasteiger partial charge in [0.05, 0.1) is 13.2 Å².